The lowest BCUT2D eigenvalue weighted by Crippen LogP contribution is -2.40. The highest BCUT2D eigenvalue weighted by Crippen LogP contribution is 2.48. The molecule has 4 rings (SSSR count). The third-order valence-electron chi connectivity index (χ3n) is 5.14. The number of fused-ring (bicyclic) bond motifs is 5. The molecule has 3 heteroatoms. The first-order valence-corrected chi connectivity index (χ1v) is 8.40. The van der Waals surface area contributed by atoms with Gasteiger partial charge in [0.15, 0.2) is 0 Å². The van der Waals surface area contributed by atoms with Gasteiger partial charge in [0.2, 0.25) is 0 Å². The molecule has 0 saturated carbocycles. The summed E-state index contributed by atoms with van der Waals surface area (Å²) < 4.78 is 0. The molecule has 2 aromatic carbocycles. The average Bonchev–Trinajstić information content (AvgIpc) is 2.55. The molecule has 0 radical (unpaired) electrons. The number of aliphatic hydroxyl groups excluding tert-OH is 1. The van der Waals surface area contributed by atoms with Crippen LogP contribution in [0.4, 0.5) is 5.69 Å². The summed E-state index contributed by atoms with van der Waals surface area (Å²) in [5.74, 6) is 0.381. The first-order chi connectivity index (χ1) is 10.8. The number of hydrogen-bond donors (Lipinski definition) is 1. The Morgan fingerprint density at radius 3 is 2.86 bits per heavy atom. The molecule has 22 heavy (non-hydrogen) atoms. The van der Waals surface area contributed by atoms with Crippen molar-refractivity contribution in [3.8, 4) is 0 Å². The molecule has 2 heterocycles. The number of benzene rings is 2. The number of rotatable bonds is 2. The summed E-state index contributed by atoms with van der Waals surface area (Å²) in [6, 6.07) is 15.5. The van der Waals surface area contributed by atoms with Crippen molar-refractivity contribution in [2.75, 3.05) is 18.1 Å². The standard InChI is InChI=1S/C19H20ClNO/c20-15-5-6-18-17(12-15)14(8-10-22)11-19-16-4-2-1-3-13(16)7-9-21(18)19/h1-6,12,14,19,22H,7-11H2/t14-,19-/m1/s1. The Bertz CT molecular complexity index is 700. The second-order valence-electron chi connectivity index (χ2n) is 6.31. The van der Waals surface area contributed by atoms with Crippen molar-refractivity contribution < 1.29 is 5.11 Å². The summed E-state index contributed by atoms with van der Waals surface area (Å²) in [5.41, 5.74) is 5.53. The topological polar surface area (TPSA) is 23.5 Å². The highest BCUT2D eigenvalue weighted by Gasteiger charge is 2.36. The second-order valence-corrected chi connectivity index (χ2v) is 6.74. The smallest absolute Gasteiger partial charge is 0.0551 e. The van der Waals surface area contributed by atoms with E-state index in [2.05, 4.69) is 41.3 Å². The van der Waals surface area contributed by atoms with E-state index in [0.29, 0.717) is 12.0 Å². The zero-order valence-corrected chi connectivity index (χ0v) is 13.3. The first kappa shape index (κ1) is 14.1. The van der Waals surface area contributed by atoms with Crippen molar-refractivity contribution >= 4 is 17.3 Å². The SMILES string of the molecule is OCC[C@@H]1C[C@@H]2c3ccccc3CCN2c2ccc(Cl)cc21. The zero-order valence-electron chi connectivity index (χ0n) is 12.5. The molecule has 0 aromatic heterocycles. The van der Waals surface area contributed by atoms with E-state index in [1.165, 1.54) is 22.4 Å². The van der Waals surface area contributed by atoms with E-state index < -0.39 is 0 Å². The number of hydrogen-bond acceptors (Lipinski definition) is 2. The third-order valence-corrected chi connectivity index (χ3v) is 5.37. The molecule has 2 atom stereocenters. The molecule has 2 aromatic rings. The Labute approximate surface area is 136 Å². The van der Waals surface area contributed by atoms with Crippen molar-refractivity contribution in [1.82, 2.24) is 0 Å². The van der Waals surface area contributed by atoms with Crippen LogP contribution in [-0.4, -0.2) is 18.3 Å². The fourth-order valence-corrected chi connectivity index (χ4v) is 4.31. The molecule has 0 bridgehead atoms. The molecule has 0 amide bonds. The summed E-state index contributed by atoms with van der Waals surface area (Å²) in [4.78, 5) is 2.53. The molecule has 114 valence electrons. The lowest BCUT2D eigenvalue weighted by Gasteiger charge is -2.46. The molecule has 2 aliphatic heterocycles. The van der Waals surface area contributed by atoms with E-state index in [1.54, 1.807) is 0 Å². The predicted molar refractivity (Wildman–Crippen MR) is 90.7 cm³/mol. The summed E-state index contributed by atoms with van der Waals surface area (Å²) in [6.45, 7) is 1.28. The Kier molecular flexibility index (Phi) is 3.59. The Morgan fingerprint density at radius 2 is 2.00 bits per heavy atom. The monoisotopic (exact) mass is 313 g/mol. The van der Waals surface area contributed by atoms with Gasteiger partial charge in [0.05, 0.1) is 6.04 Å². The van der Waals surface area contributed by atoms with Gasteiger partial charge in [0.1, 0.15) is 0 Å². The number of halogens is 1. The van der Waals surface area contributed by atoms with Gasteiger partial charge in [-0.2, -0.15) is 0 Å². The summed E-state index contributed by atoms with van der Waals surface area (Å²) >= 11 is 6.22. The van der Waals surface area contributed by atoms with Crippen molar-refractivity contribution in [3.63, 3.8) is 0 Å². The molecule has 0 aliphatic carbocycles. The Hall–Kier alpha value is -1.51. The van der Waals surface area contributed by atoms with Crippen LogP contribution < -0.4 is 4.90 Å². The quantitative estimate of drug-likeness (QED) is 0.893. The van der Waals surface area contributed by atoms with Crippen molar-refractivity contribution in [1.29, 1.82) is 0 Å². The van der Waals surface area contributed by atoms with Crippen LogP contribution in [-0.2, 0) is 6.42 Å². The minimum atomic E-state index is 0.227. The fraction of sp³-hybridized carbons (Fsp3) is 0.368. The van der Waals surface area contributed by atoms with Crippen LogP contribution in [0.25, 0.3) is 0 Å². The fourth-order valence-electron chi connectivity index (χ4n) is 4.13. The summed E-state index contributed by atoms with van der Waals surface area (Å²) in [7, 11) is 0. The largest absolute Gasteiger partial charge is 0.396 e. The predicted octanol–water partition coefficient (Wildman–Crippen LogP) is 4.31. The molecule has 0 fully saturated rings. The van der Waals surface area contributed by atoms with E-state index in [9.17, 15) is 5.11 Å². The molecule has 0 saturated heterocycles. The summed E-state index contributed by atoms with van der Waals surface area (Å²) in [6.07, 6.45) is 2.96. The minimum absolute atomic E-state index is 0.227. The van der Waals surface area contributed by atoms with Gasteiger partial charge in [-0.05, 0) is 60.1 Å². The number of aliphatic hydroxyl groups is 1. The minimum Gasteiger partial charge on any atom is -0.396 e. The van der Waals surface area contributed by atoms with Gasteiger partial charge < -0.3 is 10.0 Å². The average molecular weight is 314 g/mol. The van der Waals surface area contributed by atoms with Gasteiger partial charge in [-0.15, -0.1) is 0 Å². The van der Waals surface area contributed by atoms with Crippen LogP contribution in [0.5, 0.6) is 0 Å². The van der Waals surface area contributed by atoms with Gasteiger partial charge in [-0.3, -0.25) is 0 Å². The summed E-state index contributed by atoms with van der Waals surface area (Å²) in [5, 5.41) is 10.2. The molecular formula is C19H20ClNO. The lowest BCUT2D eigenvalue weighted by molar-refractivity contribution is 0.266. The maximum atomic E-state index is 9.46. The number of anilines is 1. The van der Waals surface area contributed by atoms with Crippen LogP contribution >= 0.6 is 11.6 Å². The van der Waals surface area contributed by atoms with E-state index in [-0.39, 0.29) is 6.61 Å². The van der Waals surface area contributed by atoms with Gasteiger partial charge >= 0.3 is 0 Å². The van der Waals surface area contributed by atoms with E-state index >= 15 is 0 Å². The maximum absolute atomic E-state index is 9.46. The zero-order chi connectivity index (χ0) is 15.1. The van der Waals surface area contributed by atoms with Gasteiger partial charge in [-0.1, -0.05) is 35.9 Å². The third kappa shape index (κ3) is 2.22. The highest BCUT2D eigenvalue weighted by atomic mass is 35.5. The van der Waals surface area contributed by atoms with Crippen LogP contribution in [0.15, 0.2) is 42.5 Å². The molecule has 2 aliphatic rings. The molecule has 1 N–H and O–H groups in total. The Morgan fingerprint density at radius 1 is 1.14 bits per heavy atom. The van der Waals surface area contributed by atoms with Crippen LogP contribution in [0.2, 0.25) is 5.02 Å². The van der Waals surface area contributed by atoms with Gasteiger partial charge in [0.25, 0.3) is 0 Å². The molecule has 2 nitrogen and oxygen atoms in total. The maximum Gasteiger partial charge on any atom is 0.0551 e. The molecular weight excluding hydrogens is 294 g/mol. The normalized spacial score (nSPS) is 22.7. The van der Waals surface area contributed by atoms with Crippen molar-refractivity contribution in [2.24, 2.45) is 0 Å². The van der Waals surface area contributed by atoms with Crippen molar-refractivity contribution in [3.05, 3.63) is 64.2 Å². The molecule has 0 unspecified atom stereocenters. The molecule has 0 spiro atoms. The second kappa shape index (κ2) is 5.60. The first-order valence-electron chi connectivity index (χ1n) is 8.02. The van der Waals surface area contributed by atoms with E-state index in [1.807, 2.05) is 6.07 Å². The van der Waals surface area contributed by atoms with Gasteiger partial charge in [0, 0.05) is 23.9 Å². The lowest BCUT2D eigenvalue weighted by atomic mass is 9.78. The highest BCUT2D eigenvalue weighted by molar-refractivity contribution is 6.30. The van der Waals surface area contributed by atoms with Crippen LogP contribution in [0.1, 0.15) is 41.5 Å². The van der Waals surface area contributed by atoms with E-state index in [0.717, 1.165) is 30.8 Å². The van der Waals surface area contributed by atoms with Gasteiger partial charge in [-0.25, -0.2) is 0 Å². The van der Waals surface area contributed by atoms with Crippen LogP contribution in [0.3, 0.4) is 0 Å². The number of nitrogens with zero attached hydrogens (tertiary/aromatic N) is 1. The van der Waals surface area contributed by atoms with Crippen LogP contribution in [0, 0.1) is 0 Å². The Balaban J connectivity index is 1.82. The van der Waals surface area contributed by atoms with E-state index in [4.69, 9.17) is 11.6 Å². The van der Waals surface area contributed by atoms with Crippen molar-refractivity contribution in [2.45, 2.75) is 31.2 Å².